The van der Waals surface area contributed by atoms with Gasteiger partial charge in [-0.05, 0) is 55.5 Å². The first-order chi connectivity index (χ1) is 13.4. The summed E-state index contributed by atoms with van der Waals surface area (Å²) in [6.07, 6.45) is 0. The number of methoxy groups -OCH3 is 1. The molecule has 1 heterocycles. The van der Waals surface area contributed by atoms with Gasteiger partial charge in [0.05, 0.1) is 12.7 Å². The molecule has 7 heteroatoms. The van der Waals surface area contributed by atoms with Crippen LogP contribution in [0.5, 0.6) is 0 Å². The number of hydrogen-bond donors (Lipinski definition) is 2. The van der Waals surface area contributed by atoms with Crippen LogP contribution < -0.4 is 15.5 Å². The smallest absolute Gasteiger partial charge is 0.337 e. The maximum Gasteiger partial charge on any atom is 0.337 e. The van der Waals surface area contributed by atoms with Gasteiger partial charge in [0.2, 0.25) is 5.95 Å². The summed E-state index contributed by atoms with van der Waals surface area (Å²) < 4.78 is 4.71. The number of carbonyl (C=O) groups is 1. The molecule has 0 radical (unpaired) electrons. The Hall–Kier alpha value is -3.61. The number of anilines is 5. The molecule has 0 aliphatic heterocycles. The van der Waals surface area contributed by atoms with Crippen molar-refractivity contribution in [3.63, 3.8) is 0 Å². The van der Waals surface area contributed by atoms with Gasteiger partial charge in [0, 0.05) is 42.9 Å². The molecule has 0 bridgehead atoms. The van der Waals surface area contributed by atoms with Crippen molar-refractivity contribution in [2.45, 2.75) is 6.92 Å². The van der Waals surface area contributed by atoms with E-state index >= 15 is 0 Å². The zero-order valence-electron chi connectivity index (χ0n) is 16.4. The largest absolute Gasteiger partial charge is 0.465 e. The van der Waals surface area contributed by atoms with Crippen LogP contribution in [0.2, 0.25) is 0 Å². The number of nitrogens with one attached hydrogen (secondary N) is 2. The fourth-order valence-electron chi connectivity index (χ4n) is 2.62. The minimum atomic E-state index is -0.365. The summed E-state index contributed by atoms with van der Waals surface area (Å²) in [4.78, 5) is 22.5. The lowest BCUT2D eigenvalue weighted by atomic mass is 10.2. The highest BCUT2D eigenvalue weighted by Crippen LogP contribution is 2.21. The molecule has 2 aromatic carbocycles. The summed E-state index contributed by atoms with van der Waals surface area (Å²) in [7, 11) is 5.37. The second-order valence-electron chi connectivity index (χ2n) is 6.48. The molecule has 0 spiro atoms. The Balaban J connectivity index is 1.75. The first-order valence-corrected chi connectivity index (χ1v) is 8.80. The van der Waals surface area contributed by atoms with Crippen LogP contribution in [0.15, 0.2) is 54.6 Å². The van der Waals surface area contributed by atoms with E-state index < -0.39 is 0 Å². The standard InChI is InChI=1S/C21H23N5O2/c1-14-13-19(23-16-7-5-15(6-8-16)20(27)28-4)25-21(22-14)24-17-9-11-18(12-10-17)26(2)3/h5-13H,1-4H3,(H2,22,23,24,25). The van der Waals surface area contributed by atoms with Crippen molar-refractivity contribution in [3.8, 4) is 0 Å². The van der Waals surface area contributed by atoms with Gasteiger partial charge in [-0.15, -0.1) is 0 Å². The van der Waals surface area contributed by atoms with Gasteiger partial charge < -0.3 is 20.3 Å². The second-order valence-corrected chi connectivity index (χ2v) is 6.48. The molecule has 3 aromatic rings. The molecule has 28 heavy (non-hydrogen) atoms. The normalized spacial score (nSPS) is 10.3. The second kappa shape index (κ2) is 8.39. The van der Waals surface area contributed by atoms with Gasteiger partial charge in [-0.3, -0.25) is 0 Å². The first kappa shape index (κ1) is 19.2. The van der Waals surface area contributed by atoms with Crippen molar-refractivity contribution in [3.05, 3.63) is 65.9 Å². The Morgan fingerprint density at radius 3 is 2.14 bits per heavy atom. The third-order valence-corrected chi connectivity index (χ3v) is 4.07. The number of rotatable bonds is 6. The highest BCUT2D eigenvalue weighted by molar-refractivity contribution is 5.89. The van der Waals surface area contributed by atoms with E-state index in [4.69, 9.17) is 4.74 Å². The van der Waals surface area contributed by atoms with Gasteiger partial charge in [0.15, 0.2) is 0 Å². The summed E-state index contributed by atoms with van der Waals surface area (Å²) in [5, 5.41) is 6.46. The first-order valence-electron chi connectivity index (χ1n) is 8.80. The van der Waals surface area contributed by atoms with Gasteiger partial charge >= 0.3 is 5.97 Å². The van der Waals surface area contributed by atoms with Crippen molar-refractivity contribution in [2.75, 3.05) is 36.7 Å². The zero-order chi connectivity index (χ0) is 20.1. The monoisotopic (exact) mass is 377 g/mol. The Labute approximate surface area is 164 Å². The fraction of sp³-hybridized carbons (Fsp3) is 0.190. The lowest BCUT2D eigenvalue weighted by Gasteiger charge is -2.13. The summed E-state index contributed by atoms with van der Waals surface area (Å²) in [6, 6.07) is 16.9. The van der Waals surface area contributed by atoms with E-state index in [2.05, 4.69) is 20.6 Å². The molecule has 0 fully saturated rings. The minimum Gasteiger partial charge on any atom is -0.465 e. The predicted molar refractivity (Wildman–Crippen MR) is 112 cm³/mol. The minimum absolute atomic E-state index is 0.365. The van der Waals surface area contributed by atoms with E-state index in [9.17, 15) is 4.79 Å². The highest BCUT2D eigenvalue weighted by Gasteiger charge is 2.07. The molecular formula is C21H23N5O2. The van der Waals surface area contributed by atoms with Crippen LogP contribution in [-0.2, 0) is 4.74 Å². The summed E-state index contributed by atoms with van der Waals surface area (Å²) >= 11 is 0. The molecule has 0 saturated heterocycles. The van der Waals surface area contributed by atoms with E-state index in [1.54, 1.807) is 24.3 Å². The third-order valence-electron chi connectivity index (χ3n) is 4.07. The SMILES string of the molecule is COC(=O)c1ccc(Nc2cc(C)nc(Nc3ccc(N(C)C)cc3)n2)cc1. The number of carbonyl (C=O) groups excluding carboxylic acids is 1. The molecule has 144 valence electrons. The number of aryl methyl sites for hydroxylation is 1. The Morgan fingerprint density at radius 1 is 0.929 bits per heavy atom. The lowest BCUT2D eigenvalue weighted by Crippen LogP contribution is -2.08. The molecular weight excluding hydrogens is 354 g/mol. The fourth-order valence-corrected chi connectivity index (χ4v) is 2.62. The Bertz CT molecular complexity index is 954. The molecule has 0 aliphatic rings. The van der Waals surface area contributed by atoms with Crippen LogP contribution in [0.25, 0.3) is 0 Å². The van der Waals surface area contributed by atoms with Gasteiger partial charge in [-0.2, -0.15) is 4.98 Å². The number of ether oxygens (including phenoxy) is 1. The summed E-state index contributed by atoms with van der Waals surface area (Å²) in [5.41, 5.74) is 4.16. The molecule has 0 atom stereocenters. The third kappa shape index (κ3) is 4.76. The van der Waals surface area contributed by atoms with Crippen molar-refractivity contribution in [1.29, 1.82) is 0 Å². The van der Waals surface area contributed by atoms with Crippen LogP contribution in [0, 0.1) is 6.92 Å². The average molecular weight is 377 g/mol. The van der Waals surface area contributed by atoms with Crippen molar-refractivity contribution < 1.29 is 9.53 Å². The molecule has 2 N–H and O–H groups in total. The molecule has 7 nitrogen and oxygen atoms in total. The van der Waals surface area contributed by atoms with Crippen molar-refractivity contribution in [2.24, 2.45) is 0 Å². The molecule has 0 amide bonds. The molecule has 0 saturated carbocycles. The zero-order valence-corrected chi connectivity index (χ0v) is 16.4. The number of nitrogens with zero attached hydrogens (tertiary/aromatic N) is 3. The van der Waals surface area contributed by atoms with Crippen LogP contribution in [0.1, 0.15) is 16.1 Å². The van der Waals surface area contributed by atoms with E-state index in [1.807, 2.05) is 56.3 Å². The topological polar surface area (TPSA) is 79.4 Å². The molecule has 1 aromatic heterocycles. The predicted octanol–water partition coefficient (Wildman–Crippen LogP) is 4.12. The number of benzene rings is 2. The van der Waals surface area contributed by atoms with Crippen LogP contribution in [0.3, 0.4) is 0 Å². The van der Waals surface area contributed by atoms with Gasteiger partial charge in [-0.25, -0.2) is 9.78 Å². The summed E-state index contributed by atoms with van der Waals surface area (Å²) in [6.45, 7) is 1.91. The van der Waals surface area contributed by atoms with E-state index in [0.29, 0.717) is 17.3 Å². The molecule has 0 unspecified atom stereocenters. The van der Waals surface area contributed by atoms with E-state index in [1.165, 1.54) is 7.11 Å². The highest BCUT2D eigenvalue weighted by atomic mass is 16.5. The van der Waals surface area contributed by atoms with Crippen molar-refractivity contribution >= 4 is 34.8 Å². The Morgan fingerprint density at radius 2 is 1.54 bits per heavy atom. The molecule has 3 rings (SSSR count). The van der Waals surface area contributed by atoms with E-state index in [0.717, 1.165) is 22.8 Å². The van der Waals surface area contributed by atoms with Crippen LogP contribution >= 0.6 is 0 Å². The van der Waals surface area contributed by atoms with Crippen LogP contribution in [-0.4, -0.2) is 37.1 Å². The number of esters is 1. The summed E-state index contributed by atoms with van der Waals surface area (Å²) in [5.74, 6) is 0.799. The number of hydrogen-bond acceptors (Lipinski definition) is 7. The van der Waals surface area contributed by atoms with Gasteiger partial charge in [0.25, 0.3) is 0 Å². The maximum atomic E-state index is 11.5. The van der Waals surface area contributed by atoms with Crippen LogP contribution in [0.4, 0.5) is 28.8 Å². The Kier molecular flexibility index (Phi) is 5.74. The van der Waals surface area contributed by atoms with E-state index in [-0.39, 0.29) is 5.97 Å². The lowest BCUT2D eigenvalue weighted by molar-refractivity contribution is 0.0601. The average Bonchev–Trinajstić information content (AvgIpc) is 2.68. The maximum absolute atomic E-state index is 11.5. The quantitative estimate of drug-likeness (QED) is 0.625. The van der Waals surface area contributed by atoms with Gasteiger partial charge in [-0.1, -0.05) is 0 Å². The number of aromatic nitrogens is 2. The van der Waals surface area contributed by atoms with Crippen molar-refractivity contribution in [1.82, 2.24) is 9.97 Å². The molecule has 0 aliphatic carbocycles. The van der Waals surface area contributed by atoms with Gasteiger partial charge in [0.1, 0.15) is 5.82 Å².